The maximum absolute atomic E-state index is 3.64. The zero-order valence-electron chi connectivity index (χ0n) is 18.3. The molecule has 0 radical (unpaired) electrons. The van der Waals surface area contributed by atoms with E-state index >= 15 is 0 Å². The molecule has 5 heterocycles. The van der Waals surface area contributed by atoms with E-state index in [0.717, 1.165) is 84.8 Å². The molecule has 0 aromatic heterocycles. The Labute approximate surface area is 181 Å². The van der Waals surface area contributed by atoms with Crippen LogP contribution in [0.2, 0.25) is 0 Å². The van der Waals surface area contributed by atoms with Crippen molar-refractivity contribution in [3.63, 3.8) is 0 Å². The van der Waals surface area contributed by atoms with Gasteiger partial charge in [0.05, 0.1) is 0 Å². The summed E-state index contributed by atoms with van der Waals surface area (Å²) in [5, 5.41) is 0. The van der Waals surface area contributed by atoms with E-state index in [1.54, 1.807) is 0 Å². The largest absolute Gasteiger partial charge is 0.289 e. The van der Waals surface area contributed by atoms with Crippen LogP contribution in [-0.2, 0) is 0 Å². The summed E-state index contributed by atoms with van der Waals surface area (Å²) in [5.74, 6) is 5.62. The smallest absolute Gasteiger partial charge is 0.0410 e. The van der Waals surface area contributed by atoms with Gasteiger partial charge in [-0.2, -0.15) is 0 Å². The van der Waals surface area contributed by atoms with E-state index in [1.165, 1.54) is 64.5 Å². The summed E-state index contributed by atoms with van der Waals surface area (Å²) in [4.78, 5) is 6.38. The number of piperazine rings is 1. The summed E-state index contributed by atoms with van der Waals surface area (Å²) in [6.45, 7) is 4.74. The second-order valence-electron chi connectivity index (χ2n) is 12.0. The highest BCUT2D eigenvalue weighted by molar-refractivity contribution is 5.25. The van der Waals surface area contributed by atoms with Gasteiger partial charge in [0.15, 0.2) is 0 Å². The van der Waals surface area contributed by atoms with Crippen molar-refractivity contribution in [3.05, 3.63) is 0 Å². The Balaban J connectivity index is 1.31. The van der Waals surface area contributed by atoms with E-state index in [9.17, 15) is 0 Å². The molecular formula is C24H40N6. The third kappa shape index (κ3) is 2.17. The Morgan fingerprint density at radius 2 is 0.867 bits per heavy atom. The number of hydrogen-bond donors (Lipinski definition) is 4. The fraction of sp³-hybridized carbons (Fsp3) is 1.00. The molecule has 4 N–H and O–H groups in total. The minimum atomic E-state index is 0.732. The van der Waals surface area contributed by atoms with Crippen LogP contribution in [-0.4, -0.2) is 72.2 Å². The van der Waals surface area contributed by atoms with Crippen LogP contribution in [0.5, 0.6) is 0 Å². The summed E-state index contributed by atoms with van der Waals surface area (Å²) in [7, 11) is 0. The molecule has 8 fully saturated rings. The highest BCUT2D eigenvalue weighted by atomic mass is 15.5. The van der Waals surface area contributed by atoms with Crippen LogP contribution in [0, 0.1) is 35.5 Å². The van der Waals surface area contributed by atoms with Crippen molar-refractivity contribution in [3.8, 4) is 0 Å². The van der Waals surface area contributed by atoms with Crippen molar-refractivity contribution >= 4 is 0 Å². The normalized spacial score (nSPS) is 59.6. The monoisotopic (exact) mass is 412 g/mol. The lowest BCUT2D eigenvalue weighted by Crippen LogP contribution is -2.77. The van der Waals surface area contributed by atoms with Gasteiger partial charge in [-0.3, -0.25) is 31.5 Å². The van der Waals surface area contributed by atoms with Gasteiger partial charge in [-0.1, -0.05) is 25.7 Å². The first-order chi connectivity index (χ1) is 14.9. The van der Waals surface area contributed by atoms with Gasteiger partial charge in [0, 0.05) is 62.4 Å². The van der Waals surface area contributed by atoms with E-state index < -0.39 is 0 Å². The maximum Gasteiger partial charge on any atom is 0.0410 e. The number of fused-ring (bicyclic) bond motifs is 12. The maximum atomic E-state index is 3.64. The number of rotatable bonds is 0. The Morgan fingerprint density at radius 1 is 0.433 bits per heavy atom. The van der Waals surface area contributed by atoms with Gasteiger partial charge in [0.2, 0.25) is 0 Å². The van der Waals surface area contributed by atoms with Gasteiger partial charge >= 0.3 is 0 Å². The summed E-state index contributed by atoms with van der Waals surface area (Å²) >= 11 is 0. The van der Waals surface area contributed by atoms with Crippen LogP contribution >= 0.6 is 0 Å². The van der Waals surface area contributed by atoms with Crippen LogP contribution in [0.3, 0.4) is 0 Å². The van der Waals surface area contributed by atoms with Gasteiger partial charge in [-0.05, 0) is 61.2 Å². The van der Waals surface area contributed by atoms with E-state index in [1.807, 2.05) is 0 Å². The Bertz CT molecular complexity index is 587. The molecule has 0 amide bonds. The van der Waals surface area contributed by atoms with Crippen molar-refractivity contribution in [1.82, 2.24) is 31.5 Å². The van der Waals surface area contributed by atoms with Crippen molar-refractivity contribution in [1.29, 1.82) is 0 Å². The van der Waals surface area contributed by atoms with Crippen LogP contribution in [0.1, 0.15) is 51.4 Å². The SMILES string of the molecule is C1CCC2C(C1)C1C3CNNCC3C3C4CCCCC4N4C5CNNCC5N2C1C34. The molecule has 8 rings (SSSR count). The average Bonchev–Trinajstić information content (AvgIpc) is 3.34. The average molecular weight is 413 g/mol. The predicted molar refractivity (Wildman–Crippen MR) is 116 cm³/mol. The molecule has 0 aromatic carbocycles. The lowest BCUT2D eigenvalue weighted by atomic mass is 9.55. The van der Waals surface area contributed by atoms with E-state index in [-0.39, 0.29) is 0 Å². The van der Waals surface area contributed by atoms with Crippen LogP contribution < -0.4 is 21.7 Å². The fourth-order valence-electron chi connectivity index (χ4n) is 10.9. The molecule has 12 unspecified atom stereocenters. The van der Waals surface area contributed by atoms with Crippen LogP contribution in [0.15, 0.2) is 0 Å². The molecule has 8 aliphatic rings. The lowest BCUT2D eigenvalue weighted by Gasteiger charge is -2.61. The van der Waals surface area contributed by atoms with Crippen molar-refractivity contribution in [2.75, 3.05) is 26.2 Å². The molecule has 166 valence electrons. The standard InChI is InChI=1S/C24H40N6/c1-3-7-17-13(5-1)21-15-9-25-26-10-16(15)22-14-6-2-4-8-18(14)30-20-12-28-27-11-19(20)29(17)23(21)24(22)30/h13-28H,1-12H2. The van der Waals surface area contributed by atoms with Gasteiger partial charge in [0.25, 0.3) is 0 Å². The number of hydrogen-bond acceptors (Lipinski definition) is 6. The Kier molecular flexibility index (Phi) is 4.03. The molecule has 3 aliphatic carbocycles. The molecule has 3 saturated carbocycles. The number of nitrogens with zero attached hydrogens (tertiary/aromatic N) is 2. The molecule has 5 aliphatic heterocycles. The van der Waals surface area contributed by atoms with Crippen molar-refractivity contribution < 1.29 is 0 Å². The Morgan fingerprint density at radius 3 is 1.37 bits per heavy atom. The van der Waals surface area contributed by atoms with Crippen LogP contribution in [0.25, 0.3) is 0 Å². The van der Waals surface area contributed by atoms with Crippen molar-refractivity contribution in [2.45, 2.75) is 87.6 Å². The van der Waals surface area contributed by atoms with E-state index in [0.29, 0.717) is 0 Å². The zero-order chi connectivity index (χ0) is 19.4. The quantitative estimate of drug-likeness (QED) is 0.475. The predicted octanol–water partition coefficient (Wildman–Crippen LogP) is 0.917. The highest BCUT2D eigenvalue weighted by Gasteiger charge is 2.71. The minimum Gasteiger partial charge on any atom is -0.289 e. The molecule has 0 spiro atoms. The summed E-state index contributed by atoms with van der Waals surface area (Å²) in [6.07, 6.45) is 11.9. The number of nitrogens with one attached hydrogen (secondary N) is 4. The second-order valence-corrected chi connectivity index (χ2v) is 12.0. The first kappa shape index (κ1) is 18.2. The zero-order valence-corrected chi connectivity index (χ0v) is 18.3. The third-order valence-electron chi connectivity index (χ3n) is 11.4. The second kappa shape index (κ2) is 6.64. The molecule has 12 atom stereocenters. The first-order valence-electron chi connectivity index (χ1n) is 13.4. The van der Waals surface area contributed by atoms with E-state index in [2.05, 4.69) is 31.5 Å². The highest BCUT2D eigenvalue weighted by Crippen LogP contribution is 2.63. The summed E-state index contributed by atoms with van der Waals surface area (Å²) in [6, 6.07) is 4.90. The van der Waals surface area contributed by atoms with Gasteiger partial charge in [-0.15, -0.1) is 0 Å². The number of hydrazine groups is 2. The third-order valence-corrected chi connectivity index (χ3v) is 11.4. The first-order valence-corrected chi connectivity index (χ1v) is 13.4. The van der Waals surface area contributed by atoms with Crippen molar-refractivity contribution in [2.24, 2.45) is 35.5 Å². The molecule has 6 nitrogen and oxygen atoms in total. The van der Waals surface area contributed by atoms with Gasteiger partial charge < -0.3 is 0 Å². The molecule has 6 heteroatoms. The van der Waals surface area contributed by atoms with E-state index in [4.69, 9.17) is 0 Å². The molecular weight excluding hydrogens is 372 g/mol. The lowest BCUT2D eigenvalue weighted by molar-refractivity contribution is -0.119. The van der Waals surface area contributed by atoms with Gasteiger partial charge in [-0.25, -0.2) is 0 Å². The minimum absolute atomic E-state index is 0.732. The topological polar surface area (TPSA) is 54.6 Å². The molecule has 5 saturated heterocycles. The molecule has 0 aromatic rings. The molecule has 30 heavy (non-hydrogen) atoms. The Hall–Kier alpha value is -0.240. The van der Waals surface area contributed by atoms with Gasteiger partial charge in [0.1, 0.15) is 0 Å². The fourth-order valence-corrected chi connectivity index (χ4v) is 10.9. The molecule has 0 bridgehead atoms. The van der Waals surface area contributed by atoms with Crippen LogP contribution in [0.4, 0.5) is 0 Å². The summed E-state index contributed by atoms with van der Waals surface area (Å²) in [5.41, 5.74) is 14.5. The summed E-state index contributed by atoms with van der Waals surface area (Å²) < 4.78 is 0.